The molecule has 1 unspecified atom stereocenters. The number of ether oxygens (including phenoxy) is 2. The maximum Gasteiger partial charge on any atom is 0.283 e. The summed E-state index contributed by atoms with van der Waals surface area (Å²) in [5.74, 6) is 1.08. The van der Waals surface area contributed by atoms with Crippen LogP contribution in [0.4, 0.5) is 0 Å². The number of amidine groups is 1. The van der Waals surface area contributed by atoms with E-state index in [2.05, 4.69) is 26.2 Å². The highest BCUT2D eigenvalue weighted by Gasteiger charge is 2.55. The van der Waals surface area contributed by atoms with Gasteiger partial charge < -0.3 is 24.9 Å². The molecule has 8 nitrogen and oxygen atoms in total. The standard InChI is InChI=1S/C20H21BrN4O4/c1-10-23-15(8-27-10)18(26)24-12-3-5-17-14(7-12)20(9-28-19(22)25-20)13-6-11(21)2-4-16(13)29-17/h2,4,6,8,12,14,17H,3,5,7,9H2,1H3,(H2,22,25)(H,24,26)/t12-,14?,17+,20+/m1/s1. The lowest BCUT2D eigenvalue weighted by Crippen LogP contribution is -2.54. The third-order valence-electron chi connectivity index (χ3n) is 6.02. The molecule has 1 aromatic carbocycles. The van der Waals surface area contributed by atoms with Crippen molar-refractivity contribution in [1.82, 2.24) is 10.3 Å². The second-order valence-corrected chi connectivity index (χ2v) is 8.72. The Bertz CT molecular complexity index is 1010. The van der Waals surface area contributed by atoms with Crippen LogP contribution in [0.2, 0.25) is 0 Å². The molecule has 2 aromatic rings. The van der Waals surface area contributed by atoms with E-state index in [9.17, 15) is 4.79 Å². The van der Waals surface area contributed by atoms with Crippen molar-refractivity contribution < 1.29 is 18.7 Å². The number of hydrogen-bond donors (Lipinski definition) is 2. The number of oxazole rings is 1. The molecule has 1 fully saturated rings. The molecule has 0 saturated heterocycles. The predicted octanol–water partition coefficient (Wildman–Crippen LogP) is 2.65. The first-order valence-corrected chi connectivity index (χ1v) is 10.4. The van der Waals surface area contributed by atoms with Crippen LogP contribution < -0.4 is 15.8 Å². The summed E-state index contributed by atoms with van der Waals surface area (Å²) < 4.78 is 18.1. The number of rotatable bonds is 2. The molecule has 1 amide bonds. The average Bonchev–Trinajstić information content (AvgIpc) is 3.30. The number of nitrogens with two attached hydrogens (primary N) is 1. The lowest BCUT2D eigenvalue weighted by molar-refractivity contribution is -0.00194. The number of carbonyl (C=O) groups excluding carboxylic acids is 1. The molecular formula is C20H21BrN4O4. The van der Waals surface area contributed by atoms with Crippen molar-refractivity contribution in [3.05, 3.63) is 46.1 Å². The lowest BCUT2D eigenvalue weighted by atomic mass is 9.67. The summed E-state index contributed by atoms with van der Waals surface area (Å²) in [5, 5.41) is 3.09. The number of carbonyl (C=O) groups is 1. The number of nitrogens with one attached hydrogen (secondary N) is 1. The zero-order valence-corrected chi connectivity index (χ0v) is 17.4. The van der Waals surface area contributed by atoms with Gasteiger partial charge in [-0.2, -0.15) is 0 Å². The van der Waals surface area contributed by atoms with Gasteiger partial charge >= 0.3 is 0 Å². The molecule has 5 rings (SSSR count). The van der Waals surface area contributed by atoms with Crippen molar-refractivity contribution >= 4 is 27.9 Å². The Morgan fingerprint density at radius 3 is 2.97 bits per heavy atom. The van der Waals surface area contributed by atoms with Crippen LogP contribution in [0, 0.1) is 12.8 Å². The van der Waals surface area contributed by atoms with Crippen LogP contribution in [-0.4, -0.2) is 35.7 Å². The third kappa shape index (κ3) is 3.08. The number of aliphatic imine (C=N–C) groups is 1. The zero-order chi connectivity index (χ0) is 20.2. The Hall–Kier alpha value is -2.55. The van der Waals surface area contributed by atoms with E-state index in [0.717, 1.165) is 28.6 Å². The van der Waals surface area contributed by atoms with E-state index in [-0.39, 0.29) is 30.0 Å². The van der Waals surface area contributed by atoms with Crippen molar-refractivity contribution in [1.29, 1.82) is 0 Å². The average molecular weight is 461 g/mol. The SMILES string of the molecule is Cc1nc(C(=O)N[C@@H]2CC[C@@H]3Oc4ccc(Br)cc4[C@@]4(COC(N)=N4)C3C2)co1. The fraction of sp³-hybridized carbons (Fsp3) is 0.450. The number of fused-ring (bicyclic) bond motifs is 4. The van der Waals surface area contributed by atoms with E-state index in [0.29, 0.717) is 24.6 Å². The molecule has 1 spiro atoms. The molecule has 0 radical (unpaired) electrons. The number of amides is 1. The first kappa shape index (κ1) is 18.5. The summed E-state index contributed by atoms with van der Waals surface area (Å²) >= 11 is 3.55. The fourth-order valence-electron chi connectivity index (χ4n) is 4.72. The molecule has 9 heteroatoms. The van der Waals surface area contributed by atoms with Gasteiger partial charge in [0.25, 0.3) is 11.9 Å². The van der Waals surface area contributed by atoms with Gasteiger partial charge in [0.2, 0.25) is 0 Å². The highest BCUT2D eigenvalue weighted by atomic mass is 79.9. The second-order valence-electron chi connectivity index (χ2n) is 7.80. The van der Waals surface area contributed by atoms with Crippen molar-refractivity contribution in [3.63, 3.8) is 0 Å². The van der Waals surface area contributed by atoms with Crippen LogP contribution in [0.15, 0.2) is 38.3 Å². The molecule has 0 bridgehead atoms. The smallest absolute Gasteiger partial charge is 0.283 e. The van der Waals surface area contributed by atoms with Crippen LogP contribution in [-0.2, 0) is 10.3 Å². The molecule has 3 aliphatic rings. The topological polar surface area (TPSA) is 112 Å². The van der Waals surface area contributed by atoms with Gasteiger partial charge in [0.05, 0.1) is 0 Å². The minimum atomic E-state index is -0.611. The number of halogens is 1. The summed E-state index contributed by atoms with van der Waals surface area (Å²) in [6, 6.07) is 6.12. The van der Waals surface area contributed by atoms with Gasteiger partial charge in [0.15, 0.2) is 11.6 Å². The molecule has 1 aromatic heterocycles. The molecule has 29 heavy (non-hydrogen) atoms. The van der Waals surface area contributed by atoms with Crippen molar-refractivity contribution in [2.45, 2.75) is 43.9 Å². The molecule has 1 aliphatic carbocycles. The van der Waals surface area contributed by atoms with Crippen molar-refractivity contribution in [2.75, 3.05) is 6.61 Å². The predicted molar refractivity (Wildman–Crippen MR) is 108 cm³/mol. The van der Waals surface area contributed by atoms with Gasteiger partial charge in [0, 0.05) is 28.9 Å². The number of aromatic nitrogens is 1. The largest absolute Gasteiger partial charge is 0.490 e. The lowest BCUT2D eigenvalue weighted by Gasteiger charge is -2.48. The number of nitrogens with zero attached hydrogens (tertiary/aromatic N) is 2. The fourth-order valence-corrected chi connectivity index (χ4v) is 5.08. The Kier molecular flexibility index (Phi) is 4.31. The van der Waals surface area contributed by atoms with Crippen molar-refractivity contribution in [2.24, 2.45) is 16.6 Å². The molecular weight excluding hydrogens is 440 g/mol. The molecule has 1 saturated carbocycles. The molecule has 2 aliphatic heterocycles. The Morgan fingerprint density at radius 2 is 2.24 bits per heavy atom. The first-order chi connectivity index (χ1) is 13.9. The summed E-state index contributed by atoms with van der Waals surface area (Å²) in [4.78, 5) is 21.4. The monoisotopic (exact) mass is 460 g/mol. The van der Waals surface area contributed by atoms with Crippen LogP contribution in [0.3, 0.4) is 0 Å². The van der Waals surface area contributed by atoms with Gasteiger partial charge in [-0.25, -0.2) is 9.98 Å². The quantitative estimate of drug-likeness (QED) is 0.712. The van der Waals surface area contributed by atoms with Gasteiger partial charge in [-0.3, -0.25) is 4.79 Å². The van der Waals surface area contributed by atoms with Crippen LogP contribution >= 0.6 is 15.9 Å². The summed E-state index contributed by atoms with van der Waals surface area (Å²) in [7, 11) is 0. The molecule has 152 valence electrons. The van der Waals surface area contributed by atoms with E-state index < -0.39 is 5.54 Å². The maximum absolute atomic E-state index is 12.6. The Balaban J connectivity index is 1.45. The maximum atomic E-state index is 12.6. The number of aryl methyl sites for hydroxylation is 1. The molecule has 3 heterocycles. The van der Waals surface area contributed by atoms with E-state index in [1.807, 2.05) is 18.2 Å². The third-order valence-corrected chi connectivity index (χ3v) is 6.52. The van der Waals surface area contributed by atoms with Gasteiger partial charge in [-0.05, 0) is 37.5 Å². The number of hydrogen-bond acceptors (Lipinski definition) is 7. The second kappa shape index (κ2) is 6.76. The van der Waals surface area contributed by atoms with E-state index in [1.165, 1.54) is 6.26 Å². The normalized spacial score (nSPS) is 30.0. The molecule has 3 N–H and O–H groups in total. The van der Waals surface area contributed by atoms with Gasteiger partial charge in [-0.15, -0.1) is 0 Å². The molecule has 4 atom stereocenters. The van der Waals surface area contributed by atoms with Crippen LogP contribution in [0.1, 0.15) is 41.2 Å². The van der Waals surface area contributed by atoms with Crippen molar-refractivity contribution in [3.8, 4) is 5.75 Å². The summed E-state index contributed by atoms with van der Waals surface area (Å²) in [6.45, 7) is 2.08. The van der Waals surface area contributed by atoms with Gasteiger partial charge in [0.1, 0.15) is 30.3 Å². The first-order valence-electron chi connectivity index (χ1n) is 9.62. The van der Waals surface area contributed by atoms with E-state index >= 15 is 0 Å². The highest BCUT2D eigenvalue weighted by Crippen LogP contribution is 2.52. The van der Waals surface area contributed by atoms with E-state index in [4.69, 9.17) is 24.6 Å². The summed E-state index contributed by atoms with van der Waals surface area (Å²) in [6.07, 6.45) is 3.69. The Morgan fingerprint density at radius 1 is 1.38 bits per heavy atom. The highest BCUT2D eigenvalue weighted by molar-refractivity contribution is 9.10. The summed E-state index contributed by atoms with van der Waals surface area (Å²) in [5.41, 5.74) is 6.58. The number of benzene rings is 1. The minimum absolute atomic E-state index is 0.00984. The van der Waals surface area contributed by atoms with Crippen LogP contribution in [0.5, 0.6) is 5.75 Å². The minimum Gasteiger partial charge on any atom is -0.490 e. The van der Waals surface area contributed by atoms with E-state index in [1.54, 1.807) is 6.92 Å². The van der Waals surface area contributed by atoms with Crippen LogP contribution in [0.25, 0.3) is 0 Å². The Labute approximate surface area is 176 Å². The zero-order valence-electron chi connectivity index (χ0n) is 15.9. The van der Waals surface area contributed by atoms with Gasteiger partial charge in [-0.1, -0.05) is 15.9 Å².